The van der Waals surface area contributed by atoms with Crippen molar-refractivity contribution in [1.29, 1.82) is 0 Å². The molecule has 0 radical (unpaired) electrons. The van der Waals surface area contributed by atoms with E-state index in [1.807, 2.05) is 24.4 Å². The van der Waals surface area contributed by atoms with E-state index in [9.17, 15) is 4.79 Å². The largest absolute Gasteiger partial charge is 0.328 e. The summed E-state index contributed by atoms with van der Waals surface area (Å²) >= 11 is 0. The lowest BCUT2D eigenvalue weighted by molar-refractivity contribution is 0.112. The summed E-state index contributed by atoms with van der Waals surface area (Å²) in [4.78, 5) is 11.2. The number of aromatic nitrogens is 1. The van der Waals surface area contributed by atoms with E-state index in [1.165, 1.54) is 12.8 Å². The van der Waals surface area contributed by atoms with Crippen molar-refractivity contribution in [2.24, 2.45) is 0 Å². The van der Waals surface area contributed by atoms with E-state index in [0.29, 0.717) is 0 Å². The summed E-state index contributed by atoms with van der Waals surface area (Å²) in [6, 6.07) is 8.11. The third kappa shape index (κ3) is 1.66. The lowest BCUT2D eigenvalue weighted by atomic mass is 9.99. The maximum Gasteiger partial charge on any atom is 0.152 e. The van der Waals surface area contributed by atoms with Gasteiger partial charge in [0.15, 0.2) is 6.29 Å². The Labute approximate surface area is 107 Å². The first-order chi connectivity index (χ1) is 8.74. The molecule has 0 saturated carbocycles. The molecule has 3 heteroatoms. The molecule has 1 saturated heterocycles. The third-order valence-corrected chi connectivity index (χ3v) is 4.00. The number of rotatable bonds is 2. The third-order valence-electron chi connectivity index (χ3n) is 4.00. The summed E-state index contributed by atoms with van der Waals surface area (Å²) in [6.07, 6.45) is 6.49. The van der Waals surface area contributed by atoms with Gasteiger partial charge in [-0.05, 0) is 38.8 Å². The molecule has 1 aromatic heterocycles. The number of hydrogen-bond acceptors (Lipinski definition) is 2. The Morgan fingerprint density at radius 2 is 2.17 bits per heavy atom. The van der Waals surface area contributed by atoms with Gasteiger partial charge in [0.05, 0.1) is 11.2 Å². The van der Waals surface area contributed by atoms with Crippen molar-refractivity contribution in [3.05, 3.63) is 36.0 Å². The van der Waals surface area contributed by atoms with E-state index in [4.69, 9.17) is 0 Å². The summed E-state index contributed by atoms with van der Waals surface area (Å²) in [5, 5.41) is 4.63. The number of carbonyl (C=O) groups is 1. The van der Waals surface area contributed by atoms with Crippen LogP contribution in [0.1, 0.15) is 36.5 Å². The Bertz CT molecular complexity index is 579. The Morgan fingerprint density at radius 3 is 2.89 bits per heavy atom. The summed E-state index contributed by atoms with van der Waals surface area (Å²) < 4.78 is 2.23. The van der Waals surface area contributed by atoms with Crippen molar-refractivity contribution >= 4 is 17.2 Å². The van der Waals surface area contributed by atoms with Crippen LogP contribution in [-0.2, 0) is 5.66 Å². The fourth-order valence-electron chi connectivity index (χ4n) is 2.95. The number of hydrogen-bond donors (Lipinski definition) is 1. The molecule has 0 spiro atoms. The second-order valence-corrected chi connectivity index (χ2v) is 5.25. The van der Waals surface area contributed by atoms with Gasteiger partial charge in [-0.1, -0.05) is 18.2 Å². The molecule has 1 fully saturated rings. The topological polar surface area (TPSA) is 34.0 Å². The van der Waals surface area contributed by atoms with Gasteiger partial charge in [-0.2, -0.15) is 0 Å². The number of aldehydes is 1. The van der Waals surface area contributed by atoms with Gasteiger partial charge in [-0.15, -0.1) is 0 Å². The number of para-hydroxylation sites is 1. The van der Waals surface area contributed by atoms with E-state index >= 15 is 0 Å². The molecule has 0 bridgehead atoms. The predicted molar refractivity (Wildman–Crippen MR) is 72.8 cm³/mol. The zero-order valence-electron chi connectivity index (χ0n) is 10.6. The fraction of sp³-hybridized carbons (Fsp3) is 0.400. The van der Waals surface area contributed by atoms with E-state index < -0.39 is 0 Å². The van der Waals surface area contributed by atoms with Crippen LogP contribution in [0, 0.1) is 0 Å². The molecule has 18 heavy (non-hydrogen) atoms. The molecule has 1 aromatic carbocycles. The highest BCUT2D eigenvalue weighted by Gasteiger charge is 2.29. The molecular formula is C15H18N2O. The van der Waals surface area contributed by atoms with Crippen molar-refractivity contribution in [1.82, 2.24) is 9.88 Å². The van der Waals surface area contributed by atoms with Gasteiger partial charge in [0.2, 0.25) is 0 Å². The van der Waals surface area contributed by atoms with Crippen LogP contribution in [0.3, 0.4) is 0 Å². The smallest absolute Gasteiger partial charge is 0.152 e. The molecule has 0 amide bonds. The average molecular weight is 242 g/mol. The zero-order valence-corrected chi connectivity index (χ0v) is 10.6. The van der Waals surface area contributed by atoms with Crippen molar-refractivity contribution in [2.45, 2.75) is 31.8 Å². The van der Waals surface area contributed by atoms with E-state index in [-0.39, 0.29) is 5.66 Å². The number of benzene rings is 1. The second kappa shape index (κ2) is 4.25. The predicted octanol–water partition coefficient (Wildman–Crippen LogP) is 2.90. The molecule has 0 unspecified atom stereocenters. The van der Waals surface area contributed by atoms with E-state index in [2.05, 4.69) is 22.9 Å². The molecule has 0 aliphatic carbocycles. The van der Waals surface area contributed by atoms with Gasteiger partial charge < -0.3 is 4.57 Å². The highest BCUT2D eigenvalue weighted by atomic mass is 16.1. The Hall–Kier alpha value is -1.61. The Balaban J connectivity index is 2.19. The SMILES string of the molecule is C[C@]1(n2cc(C=O)c3ccccc32)CCCCN1. The van der Waals surface area contributed by atoms with Crippen molar-refractivity contribution in [2.75, 3.05) is 6.54 Å². The van der Waals surface area contributed by atoms with Crippen LogP contribution >= 0.6 is 0 Å². The number of piperidine rings is 1. The molecule has 94 valence electrons. The van der Waals surface area contributed by atoms with Crippen LogP contribution in [0.15, 0.2) is 30.5 Å². The van der Waals surface area contributed by atoms with Gasteiger partial charge in [0, 0.05) is 17.1 Å². The van der Waals surface area contributed by atoms with Crippen LogP contribution in [0.2, 0.25) is 0 Å². The lowest BCUT2D eigenvalue weighted by Gasteiger charge is -2.37. The van der Waals surface area contributed by atoms with Crippen LogP contribution in [0.5, 0.6) is 0 Å². The summed E-state index contributed by atoms with van der Waals surface area (Å²) in [7, 11) is 0. The van der Waals surface area contributed by atoms with E-state index in [1.54, 1.807) is 0 Å². The Morgan fingerprint density at radius 1 is 1.33 bits per heavy atom. The molecule has 1 aliphatic heterocycles. The summed E-state index contributed by atoms with van der Waals surface area (Å²) in [6.45, 7) is 3.26. The Kier molecular flexibility index (Phi) is 2.71. The molecular weight excluding hydrogens is 224 g/mol. The second-order valence-electron chi connectivity index (χ2n) is 5.25. The maximum atomic E-state index is 11.2. The maximum absolute atomic E-state index is 11.2. The van der Waals surface area contributed by atoms with Gasteiger partial charge in [-0.3, -0.25) is 10.1 Å². The molecule has 1 aliphatic rings. The van der Waals surface area contributed by atoms with Crippen molar-refractivity contribution in [3.63, 3.8) is 0 Å². The molecule has 1 atom stereocenters. The van der Waals surface area contributed by atoms with Crippen LogP contribution in [0.25, 0.3) is 10.9 Å². The van der Waals surface area contributed by atoms with Crippen LogP contribution < -0.4 is 5.32 Å². The van der Waals surface area contributed by atoms with Gasteiger partial charge >= 0.3 is 0 Å². The quantitative estimate of drug-likeness (QED) is 0.822. The number of nitrogens with zero attached hydrogens (tertiary/aromatic N) is 1. The molecule has 3 nitrogen and oxygen atoms in total. The minimum atomic E-state index is -0.0703. The first-order valence-electron chi connectivity index (χ1n) is 6.55. The monoisotopic (exact) mass is 242 g/mol. The van der Waals surface area contributed by atoms with Crippen LogP contribution in [0.4, 0.5) is 0 Å². The zero-order chi connectivity index (χ0) is 12.6. The van der Waals surface area contributed by atoms with Gasteiger partial charge in [0.25, 0.3) is 0 Å². The molecule has 1 N–H and O–H groups in total. The highest BCUT2D eigenvalue weighted by Crippen LogP contribution is 2.30. The molecule has 2 aromatic rings. The van der Waals surface area contributed by atoms with Crippen molar-refractivity contribution in [3.8, 4) is 0 Å². The normalized spacial score (nSPS) is 24.3. The molecule has 2 heterocycles. The van der Waals surface area contributed by atoms with Gasteiger partial charge in [-0.25, -0.2) is 0 Å². The van der Waals surface area contributed by atoms with Crippen molar-refractivity contribution < 1.29 is 4.79 Å². The van der Waals surface area contributed by atoms with Crippen LogP contribution in [-0.4, -0.2) is 17.4 Å². The standard InChI is InChI=1S/C15H18N2O/c1-15(8-4-5-9-16-15)17-10-12(11-18)13-6-2-3-7-14(13)17/h2-3,6-7,10-11,16H,4-5,8-9H2,1H3/t15-/m0/s1. The van der Waals surface area contributed by atoms with Gasteiger partial charge in [0.1, 0.15) is 0 Å². The summed E-state index contributed by atoms with van der Waals surface area (Å²) in [5.74, 6) is 0. The first-order valence-corrected chi connectivity index (χ1v) is 6.55. The average Bonchev–Trinajstić information content (AvgIpc) is 2.79. The first kappa shape index (κ1) is 11.5. The minimum absolute atomic E-state index is 0.0703. The fourth-order valence-corrected chi connectivity index (χ4v) is 2.95. The summed E-state index contributed by atoms with van der Waals surface area (Å²) in [5.41, 5.74) is 1.84. The number of carbonyl (C=O) groups excluding carboxylic acids is 1. The minimum Gasteiger partial charge on any atom is -0.328 e. The molecule has 3 rings (SSSR count). The van der Waals surface area contributed by atoms with E-state index in [0.717, 1.165) is 35.7 Å². The number of nitrogens with one attached hydrogen (secondary N) is 1. The lowest BCUT2D eigenvalue weighted by Crippen LogP contribution is -2.47. The highest BCUT2D eigenvalue weighted by molar-refractivity contribution is 5.97. The number of fused-ring (bicyclic) bond motifs is 1.